The van der Waals surface area contributed by atoms with Gasteiger partial charge in [-0.2, -0.15) is 0 Å². The van der Waals surface area contributed by atoms with Crippen molar-refractivity contribution >= 4 is 11.7 Å². The zero-order valence-electron chi connectivity index (χ0n) is 14.3. The van der Waals surface area contributed by atoms with Crippen LogP contribution < -0.4 is 4.90 Å². The van der Waals surface area contributed by atoms with E-state index in [2.05, 4.69) is 41.8 Å². The molecule has 24 heavy (non-hydrogen) atoms. The SMILES string of the molecule is Cc1cccc(N2CCN(Cc3ccc(C(=O)O)cc3)CC2)c1C. The zero-order chi connectivity index (χ0) is 17.1. The third kappa shape index (κ3) is 3.60. The summed E-state index contributed by atoms with van der Waals surface area (Å²) < 4.78 is 0. The lowest BCUT2D eigenvalue weighted by Crippen LogP contribution is -2.46. The van der Waals surface area contributed by atoms with Gasteiger partial charge in [0.1, 0.15) is 0 Å². The highest BCUT2D eigenvalue weighted by atomic mass is 16.4. The summed E-state index contributed by atoms with van der Waals surface area (Å²) in [5, 5.41) is 8.96. The predicted molar refractivity (Wildman–Crippen MR) is 96.8 cm³/mol. The molecular formula is C20H24N2O2. The molecule has 4 nitrogen and oxygen atoms in total. The molecule has 2 aromatic rings. The van der Waals surface area contributed by atoms with Gasteiger partial charge < -0.3 is 10.0 Å². The molecule has 1 saturated heterocycles. The molecule has 0 atom stereocenters. The van der Waals surface area contributed by atoms with Crippen LogP contribution in [0, 0.1) is 13.8 Å². The number of nitrogens with zero attached hydrogens (tertiary/aromatic N) is 2. The summed E-state index contributed by atoms with van der Waals surface area (Å²) in [7, 11) is 0. The first kappa shape index (κ1) is 16.5. The molecule has 2 aromatic carbocycles. The van der Waals surface area contributed by atoms with Crippen molar-refractivity contribution in [3.8, 4) is 0 Å². The topological polar surface area (TPSA) is 43.8 Å². The molecular weight excluding hydrogens is 300 g/mol. The molecule has 0 spiro atoms. The summed E-state index contributed by atoms with van der Waals surface area (Å²) in [5.74, 6) is -0.872. The monoisotopic (exact) mass is 324 g/mol. The van der Waals surface area contributed by atoms with Crippen molar-refractivity contribution in [2.75, 3.05) is 31.1 Å². The van der Waals surface area contributed by atoms with Crippen LogP contribution in [0.1, 0.15) is 27.0 Å². The van der Waals surface area contributed by atoms with Crippen molar-refractivity contribution in [2.24, 2.45) is 0 Å². The van der Waals surface area contributed by atoms with Gasteiger partial charge in [0.05, 0.1) is 5.56 Å². The van der Waals surface area contributed by atoms with Crippen molar-refractivity contribution in [3.63, 3.8) is 0 Å². The van der Waals surface area contributed by atoms with Gasteiger partial charge in [-0.05, 0) is 48.7 Å². The maximum absolute atomic E-state index is 10.9. The Hall–Kier alpha value is -2.33. The van der Waals surface area contributed by atoms with E-state index in [1.165, 1.54) is 22.4 Å². The van der Waals surface area contributed by atoms with Gasteiger partial charge in [-0.15, -0.1) is 0 Å². The second-order valence-corrected chi connectivity index (χ2v) is 6.48. The number of hydrogen-bond acceptors (Lipinski definition) is 3. The largest absolute Gasteiger partial charge is 0.478 e. The van der Waals surface area contributed by atoms with Gasteiger partial charge in [0.2, 0.25) is 0 Å². The number of carbonyl (C=O) groups is 1. The molecule has 0 aromatic heterocycles. The van der Waals surface area contributed by atoms with Crippen LogP contribution in [-0.4, -0.2) is 42.2 Å². The van der Waals surface area contributed by atoms with Crippen LogP contribution in [0.25, 0.3) is 0 Å². The summed E-state index contributed by atoms with van der Waals surface area (Å²) in [6, 6.07) is 13.7. The fraction of sp³-hybridized carbons (Fsp3) is 0.350. The highest BCUT2D eigenvalue weighted by molar-refractivity contribution is 5.87. The summed E-state index contributed by atoms with van der Waals surface area (Å²) in [6.45, 7) is 9.33. The predicted octanol–water partition coefficient (Wildman–Crippen LogP) is 3.32. The molecule has 1 aliphatic heterocycles. The van der Waals surface area contributed by atoms with Crippen LogP contribution in [0.3, 0.4) is 0 Å². The fourth-order valence-electron chi connectivity index (χ4n) is 3.24. The first-order chi connectivity index (χ1) is 11.5. The van der Waals surface area contributed by atoms with Gasteiger partial charge in [-0.3, -0.25) is 4.90 Å². The van der Waals surface area contributed by atoms with Gasteiger partial charge in [0.25, 0.3) is 0 Å². The van der Waals surface area contributed by atoms with Crippen LogP contribution in [-0.2, 0) is 6.54 Å². The lowest BCUT2D eigenvalue weighted by Gasteiger charge is -2.37. The highest BCUT2D eigenvalue weighted by Crippen LogP contribution is 2.24. The molecule has 0 saturated carbocycles. The van der Waals surface area contributed by atoms with Crippen molar-refractivity contribution in [2.45, 2.75) is 20.4 Å². The van der Waals surface area contributed by atoms with Crippen molar-refractivity contribution in [1.82, 2.24) is 4.90 Å². The number of piperazine rings is 1. The van der Waals surface area contributed by atoms with Gasteiger partial charge >= 0.3 is 5.97 Å². The van der Waals surface area contributed by atoms with Crippen LogP contribution in [0.15, 0.2) is 42.5 Å². The normalized spacial score (nSPS) is 15.5. The van der Waals surface area contributed by atoms with E-state index in [4.69, 9.17) is 5.11 Å². The molecule has 1 heterocycles. The highest BCUT2D eigenvalue weighted by Gasteiger charge is 2.18. The summed E-state index contributed by atoms with van der Waals surface area (Å²) in [4.78, 5) is 15.8. The summed E-state index contributed by atoms with van der Waals surface area (Å²) in [6.07, 6.45) is 0. The molecule has 126 valence electrons. The first-order valence-corrected chi connectivity index (χ1v) is 8.40. The fourth-order valence-corrected chi connectivity index (χ4v) is 3.24. The Labute approximate surface area is 143 Å². The molecule has 1 N–H and O–H groups in total. The molecule has 1 aliphatic rings. The quantitative estimate of drug-likeness (QED) is 0.937. The van der Waals surface area contributed by atoms with E-state index >= 15 is 0 Å². The Kier molecular flexibility index (Phi) is 4.86. The Morgan fingerprint density at radius 2 is 1.67 bits per heavy atom. The molecule has 0 bridgehead atoms. The molecule has 3 rings (SSSR count). The van der Waals surface area contributed by atoms with Crippen LogP contribution in [0.4, 0.5) is 5.69 Å². The van der Waals surface area contributed by atoms with Crippen LogP contribution in [0.2, 0.25) is 0 Å². The lowest BCUT2D eigenvalue weighted by atomic mass is 10.1. The Bertz CT molecular complexity index is 717. The summed E-state index contributed by atoms with van der Waals surface area (Å²) in [5.41, 5.74) is 5.57. The van der Waals surface area contributed by atoms with Gasteiger partial charge in [-0.25, -0.2) is 4.79 Å². The van der Waals surface area contributed by atoms with E-state index in [0.717, 1.165) is 32.7 Å². The number of carboxylic acid groups (broad SMARTS) is 1. The number of anilines is 1. The lowest BCUT2D eigenvalue weighted by molar-refractivity contribution is 0.0697. The second kappa shape index (κ2) is 7.05. The van der Waals surface area contributed by atoms with Gasteiger partial charge in [-0.1, -0.05) is 24.3 Å². The Balaban J connectivity index is 1.59. The minimum atomic E-state index is -0.872. The third-order valence-corrected chi connectivity index (χ3v) is 4.90. The van der Waals surface area contributed by atoms with E-state index in [-0.39, 0.29) is 0 Å². The van der Waals surface area contributed by atoms with Crippen molar-refractivity contribution < 1.29 is 9.90 Å². The minimum absolute atomic E-state index is 0.346. The molecule has 0 radical (unpaired) electrons. The van der Waals surface area contributed by atoms with E-state index in [1.54, 1.807) is 12.1 Å². The van der Waals surface area contributed by atoms with Crippen LogP contribution in [0.5, 0.6) is 0 Å². The maximum Gasteiger partial charge on any atom is 0.335 e. The average Bonchev–Trinajstić information content (AvgIpc) is 2.59. The number of aromatic carboxylic acids is 1. The number of hydrogen-bond donors (Lipinski definition) is 1. The zero-order valence-corrected chi connectivity index (χ0v) is 14.3. The van der Waals surface area contributed by atoms with E-state index in [9.17, 15) is 4.79 Å². The third-order valence-electron chi connectivity index (χ3n) is 4.90. The summed E-state index contributed by atoms with van der Waals surface area (Å²) >= 11 is 0. The number of rotatable bonds is 4. The molecule has 1 fully saturated rings. The molecule has 0 unspecified atom stereocenters. The second-order valence-electron chi connectivity index (χ2n) is 6.48. The number of aryl methyl sites for hydroxylation is 1. The molecule has 0 aliphatic carbocycles. The smallest absolute Gasteiger partial charge is 0.335 e. The maximum atomic E-state index is 10.9. The minimum Gasteiger partial charge on any atom is -0.478 e. The van der Waals surface area contributed by atoms with Crippen LogP contribution >= 0.6 is 0 Å². The van der Waals surface area contributed by atoms with Gasteiger partial charge in [0, 0.05) is 38.4 Å². The van der Waals surface area contributed by atoms with Crippen molar-refractivity contribution in [3.05, 3.63) is 64.7 Å². The standard InChI is InChI=1S/C20H24N2O2/c1-15-4-3-5-19(16(15)2)22-12-10-21(11-13-22)14-17-6-8-18(9-7-17)20(23)24/h3-9H,10-14H2,1-2H3,(H,23,24). The number of benzene rings is 2. The van der Waals surface area contributed by atoms with E-state index in [0.29, 0.717) is 5.56 Å². The van der Waals surface area contributed by atoms with E-state index in [1.807, 2.05) is 12.1 Å². The van der Waals surface area contributed by atoms with Gasteiger partial charge in [0.15, 0.2) is 0 Å². The first-order valence-electron chi connectivity index (χ1n) is 8.40. The number of carboxylic acids is 1. The Morgan fingerprint density at radius 3 is 2.29 bits per heavy atom. The van der Waals surface area contributed by atoms with E-state index < -0.39 is 5.97 Å². The Morgan fingerprint density at radius 1 is 1.00 bits per heavy atom. The molecule has 0 amide bonds. The average molecular weight is 324 g/mol. The van der Waals surface area contributed by atoms with Crippen molar-refractivity contribution in [1.29, 1.82) is 0 Å². The molecule has 4 heteroatoms.